The molecule has 1 aromatic carbocycles. The summed E-state index contributed by atoms with van der Waals surface area (Å²) in [7, 11) is 0. The van der Waals surface area contributed by atoms with Crippen LogP contribution in [0, 0.1) is 0 Å². The molecule has 3 aromatic heterocycles. The second kappa shape index (κ2) is 6.97. The third-order valence-corrected chi connectivity index (χ3v) is 5.16. The van der Waals surface area contributed by atoms with Crippen LogP contribution in [0.2, 0.25) is 0 Å². The average Bonchev–Trinajstić information content (AvgIpc) is 3.22. The number of nitrogens with two attached hydrogens (primary N) is 1. The first-order valence-corrected chi connectivity index (χ1v) is 9.45. The van der Waals surface area contributed by atoms with Crippen LogP contribution in [-0.4, -0.2) is 36.4 Å². The first-order chi connectivity index (χ1) is 13.5. The number of benzene rings is 1. The third kappa shape index (κ3) is 3.18. The fraction of sp³-hybridized carbons (Fsp3) is 0.222. The Labute approximate surface area is 163 Å². The summed E-state index contributed by atoms with van der Waals surface area (Å²) in [6.07, 6.45) is 1.78. The summed E-state index contributed by atoms with van der Waals surface area (Å²) in [6, 6.07) is 5.66. The number of nitrogen functional groups attached to an aromatic ring is 1. The van der Waals surface area contributed by atoms with Crippen molar-refractivity contribution in [2.24, 2.45) is 0 Å². The number of amides is 1. The van der Waals surface area contributed by atoms with Crippen LogP contribution in [0.25, 0.3) is 32.5 Å². The molecule has 4 rings (SSSR count). The summed E-state index contributed by atoms with van der Waals surface area (Å²) >= 11 is 1.37. The van der Waals surface area contributed by atoms with Gasteiger partial charge < -0.3 is 11.1 Å². The molecular formula is C18H17N7O2S. The molecule has 0 spiro atoms. The highest BCUT2D eigenvalue weighted by atomic mass is 32.1. The van der Waals surface area contributed by atoms with Crippen molar-refractivity contribution in [3.8, 4) is 11.3 Å². The van der Waals surface area contributed by atoms with Gasteiger partial charge in [-0.1, -0.05) is 24.3 Å². The molecule has 1 amide bonds. The molecule has 0 radical (unpaired) electrons. The quantitative estimate of drug-likeness (QED) is 0.531. The molecule has 0 saturated carbocycles. The number of anilines is 2. The van der Waals surface area contributed by atoms with Gasteiger partial charge in [-0.05, 0) is 12.1 Å². The number of Topliss-reactive ketones (excluding diaryl/α,β-unsaturated/α-hetero) is 1. The maximum atomic E-state index is 11.9. The Bertz CT molecular complexity index is 1230. The van der Waals surface area contributed by atoms with Gasteiger partial charge in [0.2, 0.25) is 5.91 Å². The molecule has 0 bridgehead atoms. The van der Waals surface area contributed by atoms with Crippen molar-refractivity contribution in [2.75, 3.05) is 11.1 Å². The zero-order valence-corrected chi connectivity index (χ0v) is 16.1. The van der Waals surface area contributed by atoms with Crippen LogP contribution in [-0.2, 0) is 16.1 Å². The third-order valence-electron chi connectivity index (χ3n) is 4.22. The molecule has 3 N–H and O–H groups in total. The van der Waals surface area contributed by atoms with Gasteiger partial charge in [0.25, 0.3) is 0 Å². The molecule has 3 heterocycles. The molecule has 10 heteroatoms. The van der Waals surface area contributed by atoms with E-state index in [2.05, 4.69) is 25.4 Å². The number of carbonyl (C=O) groups excluding carboxylic acids is 2. The molecule has 9 nitrogen and oxygen atoms in total. The monoisotopic (exact) mass is 395 g/mol. The average molecular weight is 395 g/mol. The zero-order chi connectivity index (χ0) is 19.8. The van der Waals surface area contributed by atoms with E-state index < -0.39 is 0 Å². The minimum Gasteiger partial charge on any atom is -0.383 e. The number of hydrogen-bond donors (Lipinski definition) is 2. The SMILES string of the molecule is CCC(=O)Cn1nc(-c2ccc3nc(NC(C)=O)sc3c2)c2c(N)ncnc21. The van der Waals surface area contributed by atoms with Crippen molar-refractivity contribution in [2.45, 2.75) is 26.8 Å². The lowest BCUT2D eigenvalue weighted by atomic mass is 10.1. The minimum absolute atomic E-state index is 0.0472. The van der Waals surface area contributed by atoms with Crippen molar-refractivity contribution < 1.29 is 9.59 Å². The van der Waals surface area contributed by atoms with Crippen molar-refractivity contribution in [1.29, 1.82) is 0 Å². The van der Waals surface area contributed by atoms with Gasteiger partial charge in [-0.25, -0.2) is 19.6 Å². The number of nitrogens with zero attached hydrogens (tertiary/aromatic N) is 5. The van der Waals surface area contributed by atoms with Crippen molar-refractivity contribution in [3.05, 3.63) is 24.5 Å². The highest BCUT2D eigenvalue weighted by Gasteiger charge is 2.19. The summed E-state index contributed by atoms with van der Waals surface area (Å²) in [5.41, 5.74) is 8.80. The van der Waals surface area contributed by atoms with Gasteiger partial charge in [0.15, 0.2) is 16.6 Å². The summed E-state index contributed by atoms with van der Waals surface area (Å²) < 4.78 is 2.46. The molecule has 0 atom stereocenters. The lowest BCUT2D eigenvalue weighted by Crippen LogP contribution is -2.10. The van der Waals surface area contributed by atoms with Gasteiger partial charge in [-0.3, -0.25) is 9.59 Å². The van der Waals surface area contributed by atoms with E-state index >= 15 is 0 Å². The molecule has 28 heavy (non-hydrogen) atoms. The summed E-state index contributed by atoms with van der Waals surface area (Å²) in [5.74, 6) is 0.180. The van der Waals surface area contributed by atoms with Crippen LogP contribution in [0.4, 0.5) is 10.9 Å². The van der Waals surface area contributed by atoms with E-state index in [0.29, 0.717) is 34.1 Å². The molecule has 142 valence electrons. The standard InChI is InChI=1S/C18H17N7O2S/c1-3-11(27)7-25-17-14(16(19)20-8-21-17)15(24-25)10-4-5-12-13(6-10)28-18(23-12)22-9(2)26/h4-6,8H,3,7H2,1-2H3,(H2,19,20,21)(H,22,23,26). The maximum Gasteiger partial charge on any atom is 0.223 e. The van der Waals surface area contributed by atoms with Gasteiger partial charge >= 0.3 is 0 Å². The molecule has 0 aliphatic carbocycles. The van der Waals surface area contributed by atoms with Crippen molar-refractivity contribution in [3.63, 3.8) is 0 Å². The number of ketones is 1. The van der Waals surface area contributed by atoms with E-state index in [0.717, 1.165) is 15.8 Å². The molecule has 0 aliphatic rings. The van der Waals surface area contributed by atoms with Crippen LogP contribution in [0.1, 0.15) is 20.3 Å². The normalized spacial score (nSPS) is 11.2. The number of aromatic nitrogens is 5. The highest BCUT2D eigenvalue weighted by molar-refractivity contribution is 7.22. The van der Waals surface area contributed by atoms with Crippen LogP contribution in [0.3, 0.4) is 0 Å². The Hall–Kier alpha value is -3.40. The molecule has 4 aromatic rings. The second-order valence-corrected chi connectivity index (χ2v) is 7.27. The number of carbonyl (C=O) groups is 2. The first kappa shape index (κ1) is 18.0. The number of hydrogen-bond acceptors (Lipinski definition) is 8. The Morgan fingerprint density at radius 3 is 2.86 bits per heavy atom. The van der Waals surface area contributed by atoms with E-state index in [9.17, 15) is 9.59 Å². The highest BCUT2D eigenvalue weighted by Crippen LogP contribution is 2.34. The van der Waals surface area contributed by atoms with Gasteiger partial charge in [-0.2, -0.15) is 5.10 Å². The topological polar surface area (TPSA) is 129 Å². The minimum atomic E-state index is -0.172. The maximum absolute atomic E-state index is 11.9. The number of nitrogens with one attached hydrogen (secondary N) is 1. The predicted molar refractivity (Wildman–Crippen MR) is 108 cm³/mol. The Balaban J connectivity index is 1.86. The van der Waals surface area contributed by atoms with E-state index in [4.69, 9.17) is 5.73 Å². The van der Waals surface area contributed by atoms with E-state index in [1.54, 1.807) is 4.68 Å². The Kier molecular flexibility index (Phi) is 4.47. The Morgan fingerprint density at radius 2 is 2.11 bits per heavy atom. The largest absolute Gasteiger partial charge is 0.383 e. The molecule has 0 unspecified atom stereocenters. The lowest BCUT2D eigenvalue weighted by molar-refractivity contribution is -0.119. The first-order valence-electron chi connectivity index (χ1n) is 8.63. The molecular weight excluding hydrogens is 378 g/mol. The van der Waals surface area contributed by atoms with Crippen molar-refractivity contribution >= 4 is 55.2 Å². The smallest absolute Gasteiger partial charge is 0.223 e. The Morgan fingerprint density at radius 1 is 1.29 bits per heavy atom. The zero-order valence-electron chi connectivity index (χ0n) is 15.3. The van der Waals surface area contributed by atoms with Crippen LogP contribution < -0.4 is 11.1 Å². The van der Waals surface area contributed by atoms with E-state index in [1.165, 1.54) is 24.6 Å². The second-order valence-electron chi connectivity index (χ2n) is 6.24. The van der Waals surface area contributed by atoms with E-state index in [1.807, 2.05) is 25.1 Å². The molecule has 0 aliphatic heterocycles. The van der Waals surface area contributed by atoms with Gasteiger partial charge in [0.05, 0.1) is 15.6 Å². The summed E-state index contributed by atoms with van der Waals surface area (Å²) in [6.45, 7) is 3.37. The van der Waals surface area contributed by atoms with Gasteiger partial charge in [-0.15, -0.1) is 0 Å². The van der Waals surface area contributed by atoms with E-state index in [-0.39, 0.29) is 18.2 Å². The van der Waals surface area contributed by atoms with Crippen LogP contribution >= 0.6 is 11.3 Å². The number of rotatable bonds is 5. The van der Waals surface area contributed by atoms with Gasteiger partial charge in [0.1, 0.15) is 24.4 Å². The fourth-order valence-electron chi connectivity index (χ4n) is 2.90. The molecule has 0 fully saturated rings. The summed E-state index contributed by atoms with van der Waals surface area (Å²) in [5, 5.41) is 8.44. The summed E-state index contributed by atoms with van der Waals surface area (Å²) in [4.78, 5) is 36.0. The lowest BCUT2D eigenvalue weighted by Gasteiger charge is -2.00. The number of thiazole rings is 1. The van der Waals surface area contributed by atoms with Crippen LogP contribution in [0.5, 0.6) is 0 Å². The predicted octanol–water partition coefficient (Wildman–Crippen LogP) is 2.62. The fourth-order valence-corrected chi connectivity index (χ4v) is 3.85. The van der Waals surface area contributed by atoms with Crippen molar-refractivity contribution in [1.82, 2.24) is 24.7 Å². The number of fused-ring (bicyclic) bond motifs is 2. The molecule has 0 saturated heterocycles. The van der Waals surface area contributed by atoms with Crippen LogP contribution in [0.15, 0.2) is 24.5 Å². The van der Waals surface area contributed by atoms with Gasteiger partial charge in [0, 0.05) is 18.9 Å².